The van der Waals surface area contributed by atoms with Crippen LogP contribution in [0.2, 0.25) is 0 Å². The molecule has 1 aromatic carbocycles. The summed E-state index contributed by atoms with van der Waals surface area (Å²) in [6.07, 6.45) is 2.57. The summed E-state index contributed by atoms with van der Waals surface area (Å²) < 4.78 is 16.8. The Hall–Kier alpha value is -2.48. The topological polar surface area (TPSA) is 80.3 Å². The second kappa shape index (κ2) is 10.2. The Morgan fingerprint density at radius 2 is 1.94 bits per heavy atom. The van der Waals surface area contributed by atoms with Crippen molar-refractivity contribution in [2.24, 2.45) is 5.92 Å². The molecule has 1 unspecified atom stereocenters. The molecule has 3 rings (SSSR count). The van der Waals surface area contributed by atoms with Crippen LogP contribution in [0.15, 0.2) is 18.2 Å². The van der Waals surface area contributed by atoms with E-state index in [4.69, 9.17) is 14.2 Å². The molecule has 1 atom stereocenters. The Morgan fingerprint density at radius 3 is 2.68 bits per heavy atom. The van der Waals surface area contributed by atoms with Crippen LogP contribution in [0.25, 0.3) is 0 Å². The predicted molar refractivity (Wildman–Crippen MR) is 119 cm³/mol. The summed E-state index contributed by atoms with van der Waals surface area (Å²) in [5.74, 6) is 1.63. The van der Waals surface area contributed by atoms with E-state index >= 15 is 0 Å². The zero-order valence-electron chi connectivity index (χ0n) is 19.1. The van der Waals surface area contributed by atoms with Gasteiger partial charge in [-0.3, -0.25) is 9.69 Å². The van der Waals surface area contributed by atoms with Crippen LogP contribution in [0.1, 0.15) is 40.0 Å². The molecule has 1 aromatic rings. The summed E-state index contributed by atoms with van der Waals surface area (Å²) >= 11 is 0. The van der Waals surface area contributed by atoms with Crippen molar-refractivity contribution < 1.29 is 23.8 Å². The second-order valence-corrected chi connectivity index (χ2v) is 9.36. The highest BCUT2D eigenvalue weighted by atomic mass is 16.6. The monoisotopic (exact) mass is 433 g/mol. The molecule has 0 saturated carbocycles. The lowest BCUT2D eigenvalue weighted by Gasteiger charge is -2.34. The van der Waals surface area contributed by atoms with E-state index in [9.17, 15) is 9.59 Å². The summed E-state index contributed by atoms with van der Waals surface area (Å²) in [4.78, 5) is 28.6. The number of carbonyl (C=O) groups is 2. The highest BCUT2D eigenvalue weighted by molar-refractivity contribution is 5.92. The lowest BCUT2D eigenvalue weighted by molar-refractivity contribution is -0.117. The van der Waals surface area contributed by atoms with Gasteiger partial charge in [0.05, 0.1) is 19.8 Å². The maximum Gasteiger partial charge on any atom is 0.410 e. The van der Waals surface area contributed by atoms with E-state index < -0.39 is 5.60 Å². The number of carbonyl (C=O) groups excluding carboxylic acids is 2. The van der Waals surface area contributed by atoms with Crippen LogP contribution in [0.5, 0.6) is 11.5 Å². The van der Waals surface area contributed by atoms with Gasteiger partial charge in [-0.2, -0.15) is 0 Å². The Morgan fingerprint density at radius 1 is 1.19 bits per heavy atom. The first-order chi connectivity index (χ1) is 14.7. The van der Waals surface area contributed by atoms with Crippen molar-refractivity contribution in [3.05, 3.63) is 18.2 Å². The predicted octanol–water partition coefficient (Wildman–Crippen LogP) is 3.37. The molecular formula is C23H35N3O5. The van der Waals surface area contributed by atoms with Crippen molar-refractivity contribution in [1.82, 2.24) is 9.80 Å². The minimum absolute atomic E-state index is 0.0596. The molecule has 0 radical (unpaired) electrons. The van der Waals surface area contributed by atoms with Crippen LogP contribution in [0, 0.1) is 5.92 Å². The minimum atomic E-state index is -0.505. The van der Waals surface area contributed by atoms with Crippen LogP contribution in [-0.4, -0.2) is 73.8 Å². The molecule has 1 fully saturated rings. The van der Waals surface area contributed by atoms with Crippen LogP contribution < -0.4 is 14.8 Å². The van der Waals surface area contributed by atoms with E-state index in [0.29, 0.717) is 49.4 Å². The summed E-state index contributed by atoms with van der Waals surface area (Å²) in [6.45, 7) is 9.43. The fourth-order valence-electron chi connectivity index (χ4n) is 3.89. The van der Waals surface area contributed by atoms with E-state index in [1.54, 1.807) is 11.9 Å². The van der Waals surface area contributed by atoms with Crippen molar-refractivity contribution in [3.8, 4) is 11.5 Å². The van der Waals surface area contributed by atoms with E-state index in [0.717, 1.165) is 32.4 Å². The minimum Gasteiger partial charge on any atom is -0.490 e. The van der Waals surface area contributed by atoms with Gasteiger partial charge in [0.2, 0.25) is 5.91 Å². The quantitative estimate of drug-likeness (QED) is 0.767. The van der Waals surface area contributed by atoms with E-state index in [-0.39, 0.29) is 12.0 Å². The van der Waals surface area contributed by atoms with Gasteiger partial charge in [0.25, 0.3) is 0 Å². The van der Waals surface area contributed by atoms with Crippen LogP contribution in [-0.2, 0) is 9.53 Å². The van der Waals surface area contributed by atoms with Crippen molar-refractivity contribution in [3.63, 3.8) is 0 Å². The number of hydrogen-bond acceptors (Lipinski definition) is 6. The van der Waals surface area contributed by atoms with Gasteiger partial charge in [-0.1, -0.05) is 0 Å². The summed E-state index contributed by atoms with van der Waals surface area (Å²) in [5.41, 5.74) is 0.196. The van der Waals surface area contributed by atoms with Crippen LogP contribution >= 0.6 is 0 Å². The molecule has 1 saturated heterocycles. The number of benzene rings is 1. The molecule has 172 valence electrons. The molecule has 2 heterocycles. The van der Waals surface area contributed by atoms with Crippen molar-refractivity contribution in [2.75, 3.05) is 51.8 Å². The number of nitrogens with one attached hydrogen (secondary N) is 1. The SMILES string of the molecule is CN(CC1CCCN(CC(=O)Nc2ccc3c(c2)OCCCO3)C1)C(=O)OC(C)(C)C. The second-order valence-electron chi connectivity index (χ2n) is 9.36. The summed E-state index contributed by atoms with van der Waals surface area (Å²) in [6, 6.07) is 5.48. The van der Waals surface area contributed by atoms with Crippen molar-refractivity contribution in [1.29, 1.82) is 0 Å². The number of rotatable bonds is 5. The molecule has 8 heteroatoms. The van der Waals surface area contributed by atoms with Gasteiger partial charge in [-0.15, -0.1) is 0 Å². The molecule has 0 bridgehead atoms. The number of anilines is 1. The fourth-order valence-corrected chi connectivity index (χ4v) is 3.89. The van der Waals surface area contributed by atoms with Gasteiger partial charge in [0.1, 0.15) is 5.60 Å². The third-order valence-corrected chi connectivity index (χ3v) is 5.24. The lowest BCUT2D eigenvalue weighted by atomic mass is 9.97. The Kier molecular flexibility index (Phi) is 7.64. The maximum absolute atomic E-state index is 12.6. The van der Waals surface area contributed by atoms with Crippen LogP contribution in [0.4, 0.5) is 10.5 Å². The van der Waals surface area contributed by atoms with E-state index in [1.165, 1.54) is 0 Å². The number of amides is 2. The molecule has 1 N–H and O–H groups in total. The standard InChI is InChI=1S/C23H35N3O5/c1-23(2,3)31-22(28)25(4)14-17-7-5-10-26(15-17)16-21(27)24-18-8-9-19-20(13-18)30-12-6-11-29-19/h8-9,13,17H,5-7,10-12,14-16H2,1-4H3,(H,24,27). The number of ether oxygens (including phenoxy) is 3. The molecule has 31 heavy (non-hydrogen) atoms. The van der Waals surface area contributed by atoms with Gasteiger partial charge in [0, 0.05) is 38.3 Å². The smallest absolute Gasteiger partial charge is 0.410 e. The highest BCUT2D eigenvalue weighted by Crippen LogP contribution is 2.32. The van der Waals surface area contributed by atoms with Gasteiger partial charge >= 0.3 is 6.09 Å². The molecule has 0 aromatic heterocycles. The summed E-state index contributed by atoms with van der Waals surface area (Å²) in [7, 11) is 1.77. The molecule has 0 spiro atoms. The van der Waals surface area contributed by atoms with Gasteiger partial charge in [-0.25, -0.2) is 4.79 Å². The van der Waals surface area contributed by atoms with Crippen molar-refractivity contribution in [2.45, 2.75) is 45.6 Å². The first kappa shape index (κ1) is 23.2. The molecule has 2 aliphatic heterocycles. The van der Waals surface area contributed by atoms with Crippen molar-refractivity contribution >= 4 is 17.7 Å². The van der Waals surface area contributed by atoms with Gasteiger partial charge in [0.15, 0.2) is 11.5 Å². The Labute approximate surface area is 184 Å². The molecule has 2 amide bonds. The molecule has 2 aliphatic rings. The third-order valence-electron chi connectivity index (χ3n) is 5.24. The zero-order valence-corrected chi connectivity index (χ0v) is 19.1. The fraction of sp³-hybridized carbons (Fsp3) is 0.652. The number of fused-ring (bicyclic) bond motifs is 1. The van der Waals surface area contributed by atoms with Gasteiger partial charge < -0.3 is 24.4 Å². The molecule has 8 nitrogen and oxygen atoms in total. The molecular weight excluding hydrogens is 398 g/mol. The Bertz CT molecular complexity index is 777. The number of likely N-dealkylation sites (tertiary alicyclic amines) is 1. The largest absolute Gasteiger partial charge is 0.490 e. The first-order valence-electron chi connectivity index (χ1n) is 11.1. The maximum atomic E-state index is 12.6. The first-order valence-corrected chi connectivity index (χ1v) is 11.1. The van der Waals surface area contributed by atoms with Crippen LogP contribution in [0.3, 0.4) is 0 Å². The molecule has 0 aliphatic carbocycles. The zero-order chi connectivity index (χ0) is 22.4. The lowest BCUT2D eigenvalue weighted by Crippen LogP contribution is -2.45. The van der Waals surface area contributed by atoms with E-state index in [2.05, 4.69) is 10.2 Å². The number of hydrogen-bond donors (Lipinski definition) is 1. The highest BCUT2D eigenvalue weighted by Gasteiger charge is 2.26. The summed E-state index contributed by atoms with van der Waals surface area (Å²) in [5, 5.41) is 2.96. The number of piperidine rings is 1. The number of nitrogens with zero attached hydrogens (tertiary/aromatic N) is 2. The van der Waals surface area contributed by atoms with Gasteiger partial charge in [-0.05, 0) is 58.2 Å². The third kappa shape index (κ3) is 7.31. The average Bonchev–Trinajstić information content (AvgIpc) is 2.91. The average molecular weight is 434 g/mol. The Balaban J connectivity index is 1.48. The normalized spacial score (nSPS) is 19.3. The van der Waals surface area contributed by atoms with E-state index in [1.807, 2.05) is 39.0 Å².